The summed E-state index contributed by atoms with van der Waals surface area (Å²) >= 11 is 0. The van der Waals surface area contributed by atoms with E-state index in [1.165, 1.54) is 98.7 Å². The highest BCUT2D eigenvalue weighted by atomic mass is 14.3. The van der Waals surface area contributed by atoms with Crippen LogP contribution in [0.2, 0.25) is 0 Å². The van der Waals surface area contributed by atoms with Gasteiger partial charge >= 0.3 is 0 Å². The maximum absolute atomic E-state index is 2.35. The lowest BCUT2D eigenvalue weighted by atomic mass is 9.79. The molecule has 0 unspecified atom stereocenters. The largest absolute Gasteiger partial charge is 0.0622 e. The molecule has 0 N–H and O–H groups in total. The van der Waals surface area contributed by atoms with Gasteiger partial charge in [0.25, 0.3) is 0 Å². The fourth-order valence-corrected chi connectivity index (χ4v) is 8.45. The third-order valence-corrected chi connectivity index (χ3v) is 10.7. The molecule has 0 bridgehead atoms. The number of hydrogen-bond acceptors (Lipinski definition) is 0. The second kappa shape index (κ2) is 12.5. The molecule has 0 atom stereocenters. The first-order chi connectivity index (χ1) is 25.8. The van der Waals surface area contributed by atoms with Gasteiger partial charge in [-0.25, -0.2) is 0 Å². The van der Waals surface area contributed by atoms with Gasteiger partial charge in [0.1, 0.15) is 0 Å². The highest BCUT2D eigenvalue weighted by Gasteiger charge is 2.24. The summed E-state index contributed by atoms with van der Waals surface area (Å²) in [5.41, 5.74) is 12.4. The zero-order valence-electron chi connectivity index (χ0n) is 28.6. The van der Waals surface area contributed by atoms with Gasteiger partial charge in [0, 0.05) is 0 Å². The quantitative estimate of drug-likeness (QED) is 0.161. The average Bonchev–Trinajstić information content (AvgIpc) is 3.22. The maximum Gasteiger partial charge on any atom is -0.00137 e. The molecule has 10 rings (SSSR count). The average molecular weight is 659 g/mol. The Balaban J connectivity index is 1.46. The maximum atomic E-state index is 2.35. The van der Waals surface area contributed by atoms with Crippen molar-refractivity contribution in [3.8, 4) is 55.6 Å². The minimum Gasteiger partial charge on any atom is -0.0622 e. The molecule has 0 aromatic heterocycles. The van der Waals surface area contributed by atoms with Gasteiger partial charge in [-0.3, -0.25) is 0 Å². The predicted molar refractivity (Wildman–Crippen MR) is 224 cm³/mol. The Morgan fingerprint density at radius 1 is 0.192 bits per heavy atom. The van der Waals surface area contributed by atoms with Gasteiger partial charge in [-0.15, -0.1) is 0 Å². The summed E-state index contributed by atoms with van der Waals surface area (Å²) in [4.78, 5) is 0. The smallest absolute Gasteiger partial charge is 0.00137 e. The molecule has 0 saturated heterocycles. The van der Waals surface area contributed by atoms with Crippen molar-refractivity contribution in [2.75, 3.05) is 0 Å². The normalized spacial score (nSPS) is 11.5. The zero-order valence-corrected chi connectivity index (χ0v) is 28.6. The van der Waals surface area contributed by atoms with Crippen LogP contribution in [-0.4, -0.2) is 0 Å². The Bertz CT molecular complexity index is 2920. The molecular formula is C52H34. The molecule has 52 heavy (non-hydrogen) atoms. The lowest BCUT2D eigenvalue weighted by Crippen LogP contribution is -1.97. The summed E-state index contributed by atoms with van der Waals surface area (Å²) in [6.45, 7) is 0. The molecule has 0 heterocycles. The van der Waals surface area contributed by atoms with Gasteiger partial charge in [-0.1, -0.05) is 206 Å². The third kappa shape index (κ3) is 4.84. The summed E-state index contributed by atoms with van der Waals surface area (Å²) in [6, 6.07) is 75.6. The van der Waals surface area contributed by atoms with E-state index in [4.69, 9.17) is 0 Å². The molecule has 0 amide bonds. The standard InChI is InChI=1S/C52H34/c1-3-17-37(18-4-1)41-29-16-34-48-49(41)51(45-32-14-24-36-22-8-10-26-40(36)45)47-33-15-30-42(38-19-5-2-6-20-38)50(47)52(48)46-28-12-11-27-44(46)43-31-13-23-35-21-7-9-25-39(35)43/h1-34H. The predicted octanol–water partition coefficient (Wildman–Crippen LogP) is 14.6. The van der Waals surface area contributed by atoms with Crippen LogP contribution in [0.1, 0.15) is 0 Å². The fourth-order valence-electron chi connectivity index (χ4n) is 8.45. The number of hydrogen-bond donors (Lipinski definition) is 0. The van der Waals surface area contributed by atoms with E-state index >= 15 is 0 Å². The molecule has 0 saturated carbocycles. The van der Waals surface area contributed by atoms with Crippen molar-refractivity contribution in [3.63, 3.8) is 0 Å². The Kier molecular flexibility index (Phi) is 7.25. The second-order valence-electron chi connectivity index (χ2n) is 13.5. The first-order valence-corrected chi connectivity index (χ1v) is 18.0. The number of rotatable bonds is 5. The Morgan fingerprint density at radius 3 is 1.12 bits per heavy atom. The van der Waals surface area contributed by atoms with Crippen molar-refractivity contribution < 1.29 is 0 Å². The van der Waals surface area contributed by atoms with Crippen LogP contribution in [0, 0.1) is 0 Å². The van der Waals surface area contributed by atoms with Crippen LogP contribution in [0.5, 0.6) is 0 Å². The molecular weight excluding hydrogens is 625 g/mol. The third-order valence-electron chi connectivity index (χ3n) is 10.7. The molecule has 0 aliphatic carbocycles. The summed E-state index contributed by atoms with van der Waals surface area (Å²) in [5.74, 6) is 0. The summed E-state index contributed by atoms with van der Waals surface area (Å²) in [7, 11) is 0. The van der Waals surface area contributed by atoms with Gasteiger partial charge in [0.2, 0.25) is 0 Å². The SMILES string of the molecule is c1ccc(-c2cccc3c(-c4cccc5ccccc45)c4c(-c5ccccc5)cccc4c(-c4ccccc4-c4cccc5ccccc45)c23)cc1. The van der Waals surface area contributed by atoms with E-state index in [0.29, 0.717) is 0 Å². The van der Waals surface area contributed by atoms with Crippen LogP contribution in [0.3, 0.4) is 0 Å². The molecule has 242 valence electrons. The van der Waals surface area contributed by atoms with Crippen molar-refractivity contribution in [1.82, 2.24) is 0 Å². The van der Waals surface area contributed by atoms with Crippen LogP contribution in [-0.2, 0) is 0 Å². The van der Waals surface area contributed by atoms with Crippen molar-refractivity contribution in [2.45, 2.75) is 0 Å². The number of fused-ring (bicyclic) bond motifs is 4. The Labute approximate surface area is 303 Å². The van der Waals surface area contributed by atoms with Gasteiger partial charge in [0.15, 0.2) is 0 Å². The summed E-state index contributed by atoms with van der Waals surface area (Å²) in [6.07, 6.45) is 0. The second-order valence-corrected chi connectivity index (χ2v) is 13.5. The van der Waals surface area contributed by atoms with Crippen LogP contribution < -0.4 is 0 Å². The lowest BCUT2D eigenvalue weighted by molar-refractivity contribution is 1.61. The number of benzene rings is 10. The zero-order chi connectivity index (χ0) is 34.4. The molecule has 10 aromatic rings. The van der Waals surface area contributed by atoms with E-state index in [-0.39, 0.29) is 0 Å². The fraction of sp³-hybridized carbons (Fsp3) is 0. The van der Waals surface area contributed by atoms with Crippen molar-refractivity contribution in [2.24, 2.45) is 0 Å². The first kappa shape index (κ1) is 30.1. The Morgan fingerprint density at radius 2 is 0.538 bits per heavy atom. The molecule has 10 aromatic carbocycles. The van der Waals surface area contributed by atoms with Gasteiger partial charge in [-0.05, 0) is 98.7 Å². The summed E-state index contributed by atoms with van der Waals surface area (Å²) < 4.78 is 0. The van der Waals surface area contributed by atoms with E-state index in [2.05, 4.69) is 206 Å². The van der Waals surface area contributed by atoms with Crippen LogP contribution >= 0.6 is 0 Å². The van der Waals surface area contributed by atoms with Crippen molar-refractivity contribution in [1.29, 1.82) is 0 Å². The first-order valence-electron chi connectivity index (χ1n) is 18.0. The minimum absolute atomic E-state index is 1.21. The summed E-state index contributed by atoms with van der Waals surface area (Å²) in [5, 5.41) is 10.0. The van der Waals surface area contributed by atoms with Gasteiger partial charge in [0.05, 0.1) is 0 Å². The molecule has 0 aliphatic heterocycles. The van der Waals surface area contributed by atoms with Gasteiger partial charge in [-0.2, -0.15) is 0 Å². The van der Waals surface area contributed by atoms with E-state index in [1.807, 2.05) is 0 Å². The molecule has 0 radical (unpaired) electrons. The van der Waals surface area contributed by atoms with Gasteiger partial charge < -0.3 is 0 Å². The highest BCUT2D eigenvalue weighted by molar-refractivity contribution is 6.29. The van der Waals surface area contributed by atoms with Crippen molar-refractivity contribution >= 4 is 43.1 Å². The van der Waals surface area contributed by atoms with Crippen molar-refractivity contribution in [3.05, 3.63) is 206 Å². The molecule has 0 heteroatoms. The molecule has 0 fully saturated rings. The van der Waals surface area contributed by atoms with E-state index in [9.17, 15) is 0 Å². The molecule has 0 nitrogen and oxygen atoms in total. The van der Waals surface area contributed by atoms with E-state index in [0.717, 1.165) is 0 Å². The highest BCUT2D eigenvalue weighted by Crippen LogP contribution is 2.52. The van der Waals surface area contributed by atoms with E-state index < -0.39 is 0 Å². The van der Waals surface area contributed by atoms with Crippen LogP contribution in [0.15, 0.2) is 206 Å². The Hall–Kier alpha value is -6.76. The van der Waals surface area contributed by atoms with Crippen LogP contribution in [0.4, 0.5) is 0 Å². The monoisotopic (exact) mass is 658 g/mol. The van der Waals surface area contributed by atoms with Crippen LogP contribution in [0.25, 0.3) is 98.7 Å². The molecule has 0 aliphatic rings. The minimum atomic E-state index is 1.21. The topological polar surface area (TPSA) is 0 Å². The molecule has 0 spiro atoms. The van der Waals surface area contributed by atoms with E-state index in [1.54, 1.807) is 0 Å². The lowest BCUT2D eigenvalue weighted by Gasteiger charge is -2.24.